The summed E-state index contributed by atoms with van der Waals surface area (Å²) in [4.78, 5) is 2.29. The van der Waals surface area contributed by atoms with Crippen molar-refractivity contribution in [3.63, 3.8) is 0 Å². The molecule has 5 nitrogen and oxygen atoms in total. The van der Waals surface area contributed by atoms with Gasteiger partial charge in [0.25, 0.3) is 0 Å². The molecule has 0 aromatic carbocycles. The Morgan fingerprint density at radius 3 is 2.88 bits per heavy atom. The summed E-state index contributed by atoms with van der Waals surface area (Å²) in [6.07, 6.45) is 2.61. The Bertz CT molecular complexity index is 386. The molecule has 17 heavy (non-hydrogen) atoms. The molecule has 1 atom stereocenters. The summed E-state index contributed by atoms with van der Waals surface area (Å²) >= 11 is 0. The Morgan fingerprint density at radius 1 is 1.53 bits per heavy atom. The van der Waals surface area contributed by atoms with Crippen LogP contribution in [-0.2, 0) is 11.8 Å². The maximum absolute atomic E-state index is 6.09. The van der Waals surface area contributed by atoms with E-state index in [1.165, 1.54) is 0 Å². The summed E-state index contributed by atoms with van der Waals surface area (Å²) < 4.78 is 7.58. The van der Waals surface area contributed by atoms with E-state index in [0.717, 1.165) is 49.7 Å². The van der Waals surface area contributed by atoms with Crippen LogP contribution >= 0.6 is 0 Å². The fourth-order valence-electron chi connectivity index (χ4n) is 2.54. The normalized spacial score (nSPS) is 20.9. The van der Waals surface area contributed by atoms with E-state index in [-0.39, 0.29) is 0 Å². The van der Waals surface area contributed by atoms with Gasteiger partial charge in [-0.15, -0.1) is 0 Å². The minimum atomic E-state index is 0.323. The standard InChI is InChI=1S/C12H22N4O/c1-4-17-10-6-5-7-16(8-10)12-11(13)9(2)14-15(12)3/h10H,4-8,13H2,1-3H3. The van der Waals surface area contributed by atoms with Crippen molar-refractivity contribution in [1.82, 2.24) is 9.78 Å². The van der Waals surface area contributed by atoms with Crippen LogP contribution in [0.4, 0.5) is 11.5 Å². The van der Waals surface area contributed by atoms with Crippen molar-refractivity contribution < 1.29 is 4.74 Å². The van der Waals surface area contributed by atoms with E-state index < -0.39 is 0 Å². The van der Waals surface area contributed by atoms with Crippen LogP contribution in [0.5, 0.6) is 0 Å². The van der Waals surface area contributed by atoms with Gasteiger partial charge in [0, 0.05) is 26.7 Å². The molecule has 1 unspecified atom stereocenters. The third-order valence-corrected chi connectivity index (χ3v) is 3.32. The van der Waals surface area contributed by atoms with Gasteiger partial charge < -0.3 is 15.4 Å². The summed E-state index contributed by atoms with van der Waals surface area (Å²) in [5, 5.41) is 4.37. The minimum absolute atomic E-state index is 0.323. The Labute approximate surface area is 103 Å². The third-order valence-electron chi connectivity index (χ3n) is 3.32. The van der Waals surface area contributed by atoms with Crippen LogP contribution in [0.2, 0.25) is 0 Å². The molecule has 1 aliphatic rings. The molecule has 5 heteroatoms. The predicted octanol–water partition coefficient (Wildman–Crippen LogP) is 1.32. The van der Waals surface area contributed by atoms with Crippen LogP contribution in [0, 0.1) is 6.92 Å². The summed E-state index contributed by atoms with van der Waals surface area (Å²) in [5.74, 6) is 1.03. The van der Waals surface area contributed by atoms with E-state index in [2.05, 4.69) is 10.00 Å². The first-order valence-electron chi connectivity index (χ1n) is 6.29. The number of aromatic nitrogens is 2. The highest BCUT2D eigenvalue weighted by Crippen LogP contribution is 2.28. The second kappa shape index (κ2) is 4.96. The van der Waals surface area contributed by atoms with Crippen LogP contribution in [0.3, 0.4) is 0 Å². The molecule has 0 amide bonds. The van der Waals surface area contributed by atoms with E-state index in [9.17, 15) is 0 Å². The fraction of sp³-hybridized carbons (Fsp3) is 0.750. The number of ether oxygens (including phenoxy) is 1. The van der Waals surface area contributed by atoms with Crippen LogP contribution in [0.1, 0.15) is 25.5 Å². The van der Waals surface area contributed by atoms with E-state index in [0.29, 0.717) is 6.10 Å². The van der Waals surface area contributed by atoms with Crippen molar-refractivity contribution in [3.05, 3.63) is 5.69 Å². The van der Waals surface area contributed by atoms with Crippen molar-refractivity contribution in [1.29, 1.82) is 0 Å². The molecule has 2 rings (SSSR count). The van der Waals surface area contributed by atoms with Gasteiger partial charge in [-0.05, 0) is 26.7 Å². The Kier molecular flexibility index (Phi) is 3.57. The van der Waals surface area contributed by atoms with Gasteiger partial charge in [-0.3, -0.25) is 4.68 Å². The molecule has 1 aliphatic heterocycles. The van der Waals surface area contributed by atoms with Gasteiger partial charge in [-0.25, -0.2) is 0 Å². The van der Waals surface area contributed by atoms with E-state index in [1.807, 2.05) is 25.6 Å². The van der Waals surface area contributed by atoms with Crippen molar-refractivity contribution in [3.8, 4) is 0 Å². The Hall–Kier alpha value is -1.23. The number of aryl methyl sites for hydroxylation is 2. The van der Waals surface area contributed by atoms with E-state index >= 15 is 0 Å². The molecule has 2 heterocycles. The van der Waals surface area contributed by atoms with Crippen molar-refractivity contribution >= 4 is 11.5 Å². The molecule has 0 aliphatic carbocycles. The first-order chi connectivity index (χ1) is 8.13. The number of piperidine rings is 1. The van der Waals surface area contributed by atoms with Gasteiger partial charge in [0.15, 0.2) is 0 Å². The maximum Gasteiger partial charge on any atom is 0.150 e. The second-order valence-corrected chi connectivity index (χ2v) is 4.61. The lowest BCUT2D eigenvalue weighted by Crippen LogP contribution is -2.41. The maximum atomic E-state index is 6.09. The second-order valence-electron chi connectivity index (χ2n) is 4.61. The smallest absolute Gasteiger partial charge is 0.150 e. The summed E-state index contributed by atoms with van der Waals surface area (Å²) in [6.45, 7) is 6.71. The molecular weight excluding hydrogens is 216 g/mol. The summed E-state index contributed by atoms with van der Waals surface area (Å²) in [6, 6.07) is 0. The number of nitrogens with two attached hydrogens (primary N) is 1. The van der Waals surface area contributed by atoms with Gasteiger partial charge in [0.05, 0.1) is 17.5 Å². The van der Waals surface area contributed by atoms with Crippen LogP contribution in [-0.4, -0.2) is 35.6 Å². The molecule has 0 radical (unpaired) electrons. The highest BCUT2D eigenvalue weighted by Gasteiger charge is 2.24. The lowest BCUT2D eigenvalue weighted by Gasteiger charge is -2.34. The van der Waals surface area contributed by atoms with Crippen LogP contribution < -0.4 is 10.6 Å². The molecule has 1 saturated heterocycles. The first-order valence-corrected chi connectivity index (χ1v) is 6.29. The van der Waals surface area contributed by atoms with E-state index in [1.54, 1.807) is 0 Å². The van der Waals surface area contributed by atoms with Gasteiger partial charge in [0.1, 0.15) is 5.82 Å². The topological polar surface area (TPSA) is 56.3 Å². The lowest BCUT2D eigenvalue weighted by molar-refractivity contribution is 0.0524. The van der Waals surface area contributed by atoms with Crippen molar-refractivity contribution in [2.24, 2.45) is 7.05 Å². The number of nitrogen functional groups attached to an aromatic ring is 1. The lowest BCUT2D eigenvalue weighted by atomic mass is 10.1. The number of anilines is 2. The first kappa shape index (κ1) is 12.2. The molecule has 1 fully saturated rings. The minimum Gasteiger partial charge on any atom is -0.394 e. The molecule has 0 bridgehead atoms. The molecular formula is C12H22N4O. The van der Waals surface area contributed by atoms with E-state index in [4.69, 9.17) is 10.5 Å². The molecule has 96 valence electrons. The third kappa shape index (κ3) is 2.39. The van der Waals surface area contributed by atoms with Gasteiger partial charge >= 0.3 is 0 Å². The molecule has 1 aromatic rings. The van der Waals surface area contributed by atoms with Crippen LogP contribution in [0.15, 0.2) is 0 Å². The number of hydrogen-bond donors (Lipinski definition) is 1. The molecule has 1 aromatic heterocycles. The highest BCUT2D eigenvalue weighted by molar-refractivity contribution is 5.66. The highest BCUT2D eigenvalue weighted by atomic mass is 16.5. The van der Waals surface area contributed by atoms with Gasteiger partial charge in [0.2, 0.25) is 0 Å². The zero-order chi connectivity index (χ0) is 12.4. The average molecular weight is 238 g/mol. The largest absolute Gasteiger partial charge is 0.394 e. The Balaban J connectivity index is 2.16. The Morgan fingerprint density at radius 2 is 2.29 bits per heavy atom. The number of hydrogen-bond acceptors (Lipinski definition) is 4. The molecule has 2 N–H and O–H groups in total. The number of rotatable bonds is 3. The summed E-state index contributed by atoms with van der Waals surface area (Å²) in [7, 11) is 1.95. The molecule has 0 saturated carbocycles. The molecule has 0 spiro atoms. The zero-order valence-corrected chi connectivity index (χ0v) is 10.9. The van der Waals surface area contributed by atoms with Crippen LogP contribution in [0.25, 0.3) is 0 Å². The summed E-state index contributed by atoms with van der Waals surface area (Å²) in [5.41, 5.74) is 7.79. The van der Waals surface area contributed by atoms with Gasteiger partial charge in [-0.1, -0.05) is 0 Å². The van der Waals surface area contributed by atoms with Crippen molar-refractivity contribution in [2.75, 3.05) is 30.3 Å². The average Bonchev–Trinajstić information content (AvgIpc) is 2.54. The monoisotopic (exact) mass is 238 g/mol. The van der Waals surface area contributed by atoms with Gasteiger partial charge in [-0.2, -0.15) is 5.10 Å². The van der Waals surface area contributed by atoms with Crippen molar-refractivity contribution in [2.45, 2.75) is 32.8 Å². The SMILES string of the molecule is CCOC1CCCN(c2c(N)c(C)nn2C)C1. The number of nitrogens with zero attached hydrogens (tertiary/aromatic N) is 3. The fourth-order valence-corrected chi connectivity index (χ4v) is 2.54. The quantitative estimate of drug-likeness (QED) is 0.862. The predicted molar refractivity (Wildman–Crippen MR) is 69.2 cm³/mol. The zero-order valence-electron chi connectivity index (χ0n) is 10.9.